The molecular formula is C22H14O3. The number of rotatable bonds is 2. The number of hydrogen-bond acceptors (Lipinski definition) is 3. The van der Waals surface area contributed by atoms with E-state index in [1.54, 1.807) is 6.07 Å². The van der Waals surface area contributed by atoms with Gasteiger partial charge in [-0.3, -0.25) is 4.79 Å². The third kappa shape index (κ3) is 2.09. The number of allylic oxidation sites excluding steroid dienone is 1. The topological polar surface area (TPSA) is 35.5 Å². The van der Waals surface area contributed by atoms with Crippen molar-refractivity contribution in [3.63, 3.8) is 0 Å². The quantitative estimate of drug-likeness (QED) is 0.692. The highest BCUT2D eigenvalue weighted by Crippen LogP contribution is 2.47. The van der Waals surface area contributed by atoms with Gasteiger partial charge in [-0.25, -0.2) is 0 Å². The van der Waals surface area contributed by atoms with Gasteiger partial charge in [0, 0.05) is 16.7 Å². The van der Waals surface area contributed by atoms with Crippen molar-refractivity contribution in [3.05, 3.63) is 95.1 Å². The minimum atomic E-state index is 0.0263. The average Bonchev–Trinajstić information content (AvgIpc) is 3.23. The first-order valence-corrected chi connectivity index (χ1v) is 8.17. The molecule has 0 fully saturated rings. The first-order valence-electron chi connectivity index (χ1n) is 8.17. The van der Waals surface area contributed by atoms with Crippen molar-refractivity contribution in [2.24, 2.45) is 0 Å². The highest BCUT2D eigenvalue weighted by Gasteiger charge is 2.33. The van der Waals surface area contributed by atoms with Crippen LogP contribution in [0.5, 0.6) is 11.5 Å². The molecule has 2 aliphatic rings. The molecule has 0 bridgehead atoms. The van der Waals surface area contributed by atoms with Gasteiger partial charge in [0.2, 0.25) is 6.79 Å². The molecule has 3 aromatic carbocycles. The molecule has 0 aromatic heterocycles. The van der Waals surface area contributed by atoms with E-state index in [2.05, 4.69) is 0 Å². The van der Waals surface area contributed by atoms with Crippen LogP contribution in [0.15, 0.2) is 72.8 Å². The zero-order valence-electron chi connectivity index (χ0n) is 13.4. The summed E-state index contributed by atoms with van der Waals surface area (Å²) in [5, 5.41) is 0. The Morgan fingerprint density at radius 1 is 0.640 bits per heavy atom. The van der Waals surface area contributed by atoms with Crippen LogP contribution in [0.2, 0.25) is 0 Å². The van der Waals surface area contributed by atoms with Gasteiger partial charge in [0.25, 0.3) is 0 Å². The number of hydrogen-bond donors (Lipinski definition) is 0. The number of carbonyl (C=O) groups excluding carboxylic acids is 1. The Kier molecular flexibility index (Phi) is 3.01. The molecule has 1 aliphatic carbocycles. The highest BCUT2D eigenvalue weighted by molar-refractivity contribution is 6.41. The second-order valence-electron chi connectivity index (χ2n) is 6.06. The summed E-state index contributed by atoms with van der Waals surface area (Å²) in [6.45, 7) is 0.197. The predicted octanol–water partition coefficient (Wildman–Crippen LogP) is 4.57. The van der Waals surface area contributed by atoms with Crippen LogP contribution in [-0.4, -0.2) is 12.6 Å². The normalized spacial score (nSPS) is 14.8. The van der Waals surface area contributed by atoms with Gasteiger partial charge in [0.1, 0.15) is 0 Å². The summed E-state index contributed by atoms with van der Waals surface area (Å²) in [7, 11) is 0. The largest absolute Gasteiger partial charge is 0.454 e. The maximum Gasteiger partial charge on any atom is 0.231 e. The van der Waals surface area contributed by atoms with E-state index in [1.807, 2.05) is 66.7 Å². The SMILES string of the molecule is O=C1C(c2ccccc2)=C(c2ccccc2)c2cc3c(cc21)OCO3. The lowest BCUT2D eigenvalue weighted by molar-refractivity contribution is 0.105. The van der Waals surface area contributed by atoms with Crippen molar-refractivity contribution in [2.45, 2.75) is 0 Å². The lowest BCUT2D eigenvalue weighted by Gasteiger charge is -2.09. The van der Waals surface area contributed by atoms with Crippen LogP contribution in [0.4, 0.5) is 0 Å². The van der Waals surface area contributed by atoms with Crippen LogP contribution >= 0.6 is 0 Å². The summed E-state index contributed by atoms with van der Waals surface area (Å²) in [5.74, 6) is 1.35. The van der Waals surface area contributed by atoms with Gasteiger partial charge in [-0.15, -0.1) is 0 Å². The molecule has 3 heteroatoms. The van der Waals surface area contributed by atoms with E-state index in [1.165, 1.54) is 0 Å². The number of ketones is 1. The van der Waals surface area contributed by atoms with E-state index in [9.17, 15) is 4.79 Å². The lowest BCUT2D eigenvalue weighted by Crippen LogP contribution is -1.98. The fourth-order valence-corrected chi connectivity index (χ4v) is 3.50. The van der Waals surface area contributed by atoms with E-state index >= 15 is 0 Å². The molecule has 1 aliphatic heterocycles. The summed E-state index contributed by atoms with van der Waals surface area (Å²) < 4.78 is 11.0. The Morgan fingerprint density at radius 3 is 1.76 bits per heavy atom. The number of Topliss-reactive ketones (excluding diaryl/α,β-unsaturated/α-hetero) is 1. The molecule has 0 amide bonds. The van der Waals surface area contributed by atoms with E-state index in [4.69, 9.17) is 9.47 Å². The second kappa shape index (κ2) is 5.35. The van der Waals surface area contributed by atoms with E-state index in [-0.39, 0.29) is 12.6 Å². The summed E-state index contributed by atoms with van der Waals surface area (Å²) >= 11 is 0. The van der Waals surface area contributed by atoms with Gasteiger partial charge in [0.15, 0.2) is 17.3 Å². The molecule has 0 unspecified atom stereocenters. The van der Waals surface area contributed by atoms with Gasteiger partial charge >= 0.3 is 0 Å². The van der Waals surface area contributed by atoms with E-state index < -0.39 is 0 Å². The van der Waals surface area contributed by atoms with Gasteiger partial charge < -0.3 is 9.47 Å². The Labute approximate surface area is 145 Å². The lowest BCUT2D eigenvalue weighted by atomic mass is 9.94. The van der Waals surface area contributed by atoms with E-state index in [0.717, 1.165) is 27.8 Å². The predicted molar refractivity (Wildman–Crippen MR) is 95.7 cm³/mol. The zero-order chi connectivity index (χ0) is 16.8. The van der Waals surface area contributed by atoms with Crippen molar-refractivity contribution in [1.29, 1.82) is 0 Å². The van der Waals surface area contributed by atoms with Gasteiger partial charge in [0.05, 0.1) is 0 Å². The van der Waals surface area contributed by atoms with E-state index in [0.29, 0.717) is 17.1 Å². The van der Waals surface area contributed by atoms with Crippen LogP contribution in [0.25, 0.3) is 11.1 Å². The molecule has 5 rings (SSSR count). The monoisotopic (exact) mass is 326 g/mol. The standard InChI is InChI=1S/C22H14O3/c23-22-17-12-19-18(24-13-25-19)11-16(17)20(14-7-3-1-4-8-14)21(22)15-9-5-2-6-10-15/h1-12H,13H2. The van der Waals surface area contributed by atoms with Crippen molar-refractivity contribution >= 4 is 16.9 Å². The molecule has 0 spiro atoms. The van der Waals surface area contributed by atoms with Crippen LogP contribution in [0.3, 0.4) is 0 Å². The van der Waals surface area contributed by atoms with Crippen LogP contribution in [0.1, 0.15) is 27.0 Å². The number of fused-ring (bicyclic) bond motifs is 2. The Balaban J connectivity index is 1.82. The molecule has 0 atom stereocenters. The van der Waals surface area contributed by atoms with Crippen molar-refractivity contribution < 1.29 is 14.3 Å². The third-order valence-corrected chi connectivity index (χ3v) is 4.63. The summed E-state index contributed by atoms with van der Waals surface area (Å²) in [6.07, 6.45) is 0. The number of benzene rings is 3. The summed E-state index contributed by atoms with van der Waals surface area (Å²) in [4.78, 5) is 13.2. The number of carbonyl (C=O) groups is 1. The molecule has 0 radical (unpaired) electrons. The summed E-state index contributed by atoms with van der Waals surface area (Å²) in [5.41, 5.74) is 5.19. The van der Waals surface area contributed by atoms with Gasteiger partial charge in [-0.1, -0.05) is 60.7 Å². The average molecular weight is 326 g/mol. The molecule has 120 valence electrons. The third-order valence-electron chi connectivity index (χ3n) is 4.63. The smallest absolute Gasteiger partial charge is 0.231 e. The highest BCUT2D eigenvalue weighted by atomic mass is 16.7. The fourth-order valence-electron chi connectivity index (χ4n) is 3.50. The molecule has 0 saturated carbocycles. The van der Waals surface area contributed by atoms with Gasteiger partial charge in [-0.05, 0) is 28.8 Å². The minimum absolute atomic E-state index is 0.0263. The first-order chi connectivity index (χ1) is 12.3. The molecule has 25 heavy (non-hydrogen) atoms. The maximum atomic E-state index is 13.2. The maximum absolute atomic E-state index is 13.2. The molecule has 3 nitrogen and oxygen atoms in total. The Morgan fingerprint density at radius 2 is 1.16 bits per heavy atom. The zero-order valence-corrected chi connectivity index (χ0v) is 13.4. The fraction of sp³-hybridized carbons (Fsp3) is 0.0455. The Bertz CT molecular complexity index is 1020. The van der Waals surface area contributed by atoms with Crippen LogP contribution in [0, 0.1) is 0 Å². The molecule has 0 saturated heterocycles. The minimum Gasteiger partial charge on any atom is -0.454 e. The molecular weight excluding hydrogens is 312 g/mol. The van der Waals surface area contributed by atoms with Gasteiger partial charge in [-0.2, -0.15) is 0 Å². The van der Waals surface area contributed by atoms with Crippen molar-refractivity contribution in [3.8, 4) is 11.5 Å². The first kappa shape index (κ1) is 14.1. The number of ether oxygens (including phenoxy) is 2. The van der Waals surface area contributed by atoms with Crippen LogP contribution < -0.4 is 9.47 Å². The van der Waals surface area contributed by atoms with Crippen molar-refractivity contribution in [2.75, 3.05) is 6.79 Å². The van der Waals surface area contributed by atoms with Crippen molar-refractivity contribution in [1.82, 2.24) is 0 Å². The second-order valence-corrected chi connectivity index (χ2v) is 6.06. The van der Waals surface area contributed by atoms with Crippen LogP contribution in [-0.2, 0) is 0 Å². The molecule has 3 aromatic rings. The molecule has 0 N–H and O–H groups in total. The summed E-state index contributed by atoms with van der Waals surface area (Å²) in [6, 6.07) is 23.6. The molecule has 1 heterocycles. The Hall–Kier alpha value is -3.33.